The average Bonchev–Trinajstić information content (AvgIpc) is 3.13. The quantitative estimate of drug-likeness (QED) is 0.843. The van der Waals surface area contributed by atoms with E-state index in [9.17, 15) is 4.39 Å². The molecule has 3 fully saturated rings. The average molecular weight is 288 g/mol. The molecule has 0 amide bonds. The fourth-order valence-corrected chi connectivity index (χ4v) is 4.78. The molecule has 1 heterocycles. The molecule has 114 valence electrons. The zero-order chi connectivity index (χ0) is 14.2. The lowest BCUT2D eigenvalue weighted by molar-refractivity contribution is 0.0675. The molecule has 0 N–H and O–H groups in total. The molecule has 2 bridgehead atoms. The lowest BCUT2D eigenvalue weighted by Gasteiger charge is -2.41. The SMILES string of the molecule is Fc1ccccc1CN1CCN([C@H]2C[C@H]3CC[C@@H]2C3)CC1. The first-order valence-electron chi connectivity index (χ1n) is 8.49. The van der Waals surface area contributed by atoms with Crippen LogP contribution in [-0.2, 0) is 6.54 Å². The Morgan fingerprint density at radius 1 is 1.00 bits per heavy atom. The molecular weight excluding hydrogens is 263 g/mol. The van der Waals surface area contributed by atoms with Crippen LogP contribution >= 0.6 is 0 Å². The maximum atomic E-state index is 13.7. The van der Waals surface area contributed by atoms with Gasteiger partial charge in [0.15, 0.2) is 0 Å². The van der Waals surface area contributed by atoms with Gasteiger partial charge in [0.25, 0.3) is 0 Å². The van der Waals surface area contributed by atoms with Crippen molar-refractivity contribution in [3.63, 3.8) is 0 Å². The first kappa shape index (κ1) is 13.7. The Balaban J connectivity index is 1.32. The van der Waals surface area contributed by atoms with Gasteiger partial charge in [0.1, 0.15) is 5.82 Å². The number of hydrogen-bond acceptors (Lipinski definition) is 2. The second-order valence-electron chi connectivity index (χ2n) is 7.15. The van der Waals surface area contributed by atoms with Crippen LogP contribution in [0.5, 0.6) is 0 Å². The van der Waals surface area contributed by atoms with E-state index in [2.05, 4.69) is 9.80 Å². The molecule has 21 heavy (non-hydrogen) atoms. The van der Waals surface area contributed by atoms with Gasteiger partial charge in [0, 0.05) is 44.3 Å². The van der Waals surface area contributed by atoms with Gasteiger partial charge in [-0.1, -0.05) is 24.6 Å². The van der Waals surface area contributed by atoms with E-state index < -0.39 is 0 Å². The van der Waals surface area contributed by atoms with Gasteiger partial charge < -0.3 is 0 Å². The Morgan fingerprint density at radius 3 is 2.48 bits per heavy atom. The predicted octanol–water partition coefficient (Wildman–Crippen LogP) is 3.13. The lowest BCUT2D eigenvalue weighted by atomic mass is 9.93. The van der Waals surface area contributed by atoms with Crippen molar-refractivity contribution in [3.8, 4) is 0 Å². The molecule has 1 saturated heterocycles. The maximum absolute atomic E-state index is 13.7. The summed E-state index contributed by atoms with van der Waals surface area (Å²) in [4.78, 5) is 5.13. The van der Waals surface area contributed by atoms with Gasteiger partial charge >= 0.3 is 0 Å². The fourth-order valence-electron chi connectivity index (χ4n) is 4.78. The summed E-state index contributed by atoms with van der Waals surface area (Å²) in [5, 5.41) is 0. The van der Waals surface area contributed by atoms with E-state index in [4.69, 9.17) is 0 Å². The van der Waals surface area contributed by atoms with Gasteiger partial charge in [-0.2, -0.15) is 0 Å². The summed E-state index contributed by atoms with van der Waals surface area (Å²) in [6.45, 7) is 5.27. The number of rotatable bonds is 3. The highest BCUT2D eigenvalue weighted by molar-refractivity contribution is 5.17. The smallest absolute Gasteiger partial charge is 0.127 e. The van der Waals surface area contributed by atoms with E-state index in [0.717, 1.165) is 43.1 Å². The summed E-state index contributed by atoms with van der Waals surface area (Å²) in [5.74, 6) is 1.94. The van der Waals surface area contributed by atoms with Crippen LogP contribution in [0.1, 0.15) is 31.2 Å². The highest BCUT2D eigenvalue weighted by atomic mass is 19.1. The molecule has 1 aromatic carbocycles. The minimum absolute atomic E-state index is 0.0620. The molecule has 0 spiro atoms. The first-order chi connectivity index (χ1) is 10.3. The zero-order valence-corrected chi connectivity index (χ0v) is 12.7. The number of piperazine rings is 1. The van der Waals surface area contributed by atoms with Gasteiger partial charge in [-0.3, -0.25) is 9.80 Å². The molecule has 1 aliphatic heterocycles. The second kappa shape index (κ2) is 5.69. The zero-order valence-electron chi connectivity index (χ0n) is 12.7. The minimum Gasteiger partial charge on any atom is -0.298 e. The molecule has 3 aliphatic rings. The molecule has 2 saturated carbocycles. The summed E-state index contributed by atoms with van der Waals surface area (Å²) >= 11 is 0. The molecule has 2 nitrogen and oxygen atoms in total. The van der Waals surface area contributed by atoms with Crippen LogP contribution in [0.25, 0.3) is 0 Å². The molecule has 0 radical (unpaired) electrons. The Hall–Kier alpha value is -0.930. The maximum Gasteiger partial charge on any atom is 0.127 e. The van der Waals surface area contributed by atoms with Crippen molar-refractivity contribution in [2.75, 3.05) is 26.2 Å². The van der Waals surface area contributed by atoms with E-state index in [-0.39, 0.29) is 5.82 Å². The molecule has 4 rings (SSSR count). The minimum atomic E-state index is -0.0620. The van der Waals surface area contributed by atoms with Crippen molar-refractivity contribution >= 4 is 0 Å². The number of hydrogen-bond donors (Lipinski definition) is 0. The van der Waals surface area contributed by atoms with Gasteiger partial charge in [0.2, 0.25) is 0 Å². The van der Waals surface area contributed by atoms with Crippen LogP contribution in [-0.4, -0.2) is 42.0 Å². The predicted molar refractivity (Wildman–Crippen MR) is 82.5 cm³/mol. The van der Waals surface area contributed by atoms with Crippen molar-refractivity contribution in [2.24, 2.45) is 11.8 Å². The Labute approximate surface area is 126 Å². The highest BCUT2D eigenvalue weighted by Gasteiger charge is 2.42. The fraction of sp³-hybridized carbons (Fsp3) is 0.667. The van der Waals surface area contributed by atoms with Crippen LogP contribution in [0.2, 0.25) is 0 Å². The standard InChI is InChI=1S/C18H25FN2/c19-17-4-2-1-3-16(17)13-20-7-9-21(10-8-20)18-12-14-5-6-15(18)11-14/h1-4,14-15,18H,5-13H2/t14-,15+,18-/m0/s1. The van der Waals surface area contributed by atoms with E-state index in [0.29, 0.717) is 0 Å². The molecule has 0 unspecified atom stereocenters. The summed E-state index contributed by atoms with van der Waals surface area (Å²) < 4.78 is 13.7. The van der Waals surface area contributed by atoms with Gasteiger partial charge in [-0.05, 0) is 37.2 Å². The number of fused-ring (bicyclic) bond motifs is 2. The molecule has 1 aromatic rings. The van der Waals surface area contributed by atoms with Crippen molar-refractivity contribution < 1.29 is 4.39 Å². The van der Waals surface area contributed by atoms with Gasteiger partial charge in [-0.15, -0.1) is 0 Å². The third-order valence-corrected chi connectivity index (χ3v) is 5.93. The Kier molecular flexibility index (Phi) is 3.72. The second-order valence-corrected chi connectivity index (χ2v) is 7.15. The topological polar surface area (TPSA) is 6.48 Å². The summed E-state index contributed by atoms with van der Waals surface area (Å²) in [6, 6.07) is 8.05. The molecule has 3 atom stereocenters. The van der Waals surface area contributed by atoms with E-state index in [1.807, 2.05) is 12.1 Å². The van der Waals surface area contributed by atoms with Crippen LogP contribution in [0, 0.1) is 17.7 Å². The third-order valence-electron chi connectivity index (χ3n) is 5.93. The number of benzene rings is 1. The largest absolute Gasteiger partial charge is 0.298 e. The van der Waals surface area contributed by atoms with Crippen LogP contribution in [0.15, 0.2) is 24.3 Å². The van der Waals surface area contributed by atoms with Crippen LogP contribution < -0.4 is 0 Å². The summed E-state index contributed by atoms with van der Waals surface area (Å²) in [6.07, 6.45) is 5.87. The van der Waals surface area contributed by atoms with Crippen molar-refractivity contribution in [2.45, 2.75) is 38.3 Å². The Morgan fingerprint density at radius 2 is 1.81 bits per heavy atom. The highest BCUT2D eigenvalue weighted by Crippen LogP contribution is 2.46. The van der Waals surface area contributed by atoms with Gasteiger partial charge in [0.05, 0.1) is 0 Å². The van der Waals surface area contributed by atoms with E-state index in [1.54, 1.807) is 12.1 Å². The molecule has 2 aliphatic carbocycles. The van der Waals surface area contributed by atoms with Crippen LogP contribution in [0.4, 0.5) is 4.39 Å². The normalized spacial score (nSPS) is 33.7. The van der Waals surface area contributed by atoms with Crippen molar-refractivity contribution in [1.29, 1.82) is 0 Å². The number of halogens is 1. The molecular formula is C18H25FN2. The third kappa shape index (κ3) is 2.74. The lowest BCUT2D eigenvalue weighted by Crippen LogP contribution is -2.51. The van der Waals surface area contributed by atoms with Crippen molar-refractivity contribution in [1.82, 2.24) is 9.80 Å². The summed E-state index contributed by atoms with van der Waals surface area (Å²) in [5.41, 5.74) is 0.839. The Bertz CT molecular complexity index is 496. The first-order valence-corrected chi connectivity index (χ1v) is 8.49. The van der Waals surface area contributed by atoms with Crippen molar-refractivity contribution in [3.05, 3.63) is 35.6 Å². The van der Waals surface area contributed by atoms with Crippen LogP contribution in [0.3, 0.4) is 0 Å². The van der Waals surface area contributed by atoms with Gasteiger partial charge in [-0.25, -0.2) is 4.39 Å². The monoisotopic (exact) mass is 288 g/mol. The van der Waals surface area contributed by atoms with E-state index >= 15 is 0 Å². The number of nitrogens with zero attached hydrogens (tertiary/aromatic N) is 2. The van der Waals surface area contributed by atoms with E-state index in [1.165, 1.54) is 38.8 Å². The molecule has 0 aromatic heterocycles. The summed E-state index contributed by atoms with van der Waals surface area (Å²) in [7, 11) is 0. The molecule has 3 heteroatoms.